The molecule has 0 bridgehead atoms. The van der Waals surface area contributed by atoms with Gasteiger partial charge in [-0.3, -0.25) is 4.79 Å². The Bertz CT molecular complexity index is 692. The molecule has 0 heterocycles. The maximum atomic E-state index is 12.8. The van der Waals surface area contributed by atoms with Gasteiger partial charge in [-0.05, 0) is 36.0 Å². The van der Waals surface area contributed by atoms with E-state index in [1.807, 2.05) is 36.4 Å². The smallest absolute Gasteiger partial charge is 0.167 e. The topological polar surface area (TPSA) is 37.3 Å². The van der Waals surface area contributed by atoms with E-state index in [4.69, 9.17) is 0 Å². The number of ketones is 1. The molecule has 0 radical (unpaired) electrons. The number of aliphatic hydroxyl groups excluding tert-OH is 1. The number of hydrogen-bond donors (Lipinski definition) is 1. The van der Waals surface area contributed by atoms with Crippen LogP contribution in [0.4, 0.5) is 0 Å². The van der Waals surface area contributed by atoms with Crippen molar-refractivity contribution in [1.82, 2.24) is 0 Å². The molecule has 2 nitrogen and oxygen atoms in total. The van der Waals surface area contributed by atoms with Gasteiger partial charge in [-0.1, -0.05) is 48.5 Å². The van der Waals surface area contributed by atoms with E-state index < -0.39 is 0 Å². The van der Waals surface area contributed by atoms with E-state index in [1.165, 1.54) is 11.1 Å². The van der Waals surface area contributed by atoms with Crippen molar-refractivity contribution >= 4 is 5.78 Å². The van der Waals surface area contributed by atoms with Crippen LogP contribution in [-0.4, -0.2) is 17.5 Å². The molecule has 0 amide bonds. The largest absolute Gasteiger partial charge is 0.396 e. The van der Waals surface area contributed by atoms with Gasteiger partial charge in [-0.2, -0.15) is 0 Å². The van der Waals surface area contributed by atoms with Gasteiger partial charge in [0.2, 0.25) is 0 Å². The standard InChI is InChI=1S/C19H18O2/c20-12-19(10-14-6-1-2-7-15(14)11-19)17-9-13-5-3-4-8-16(13)18(17)21/h1-8,17,20H,9-12H2. The van der Waals surface area contributed by atoms with Crippen LogP contribution < -0.4 is 0 Å². The van der Waals surface area contributed by atoms with Crippen molar-refractivity contribution in [1.29, 1.82) is 0 Å². The first-order chi connectivity index (χ1) is 10.2. The SMILES string of the molecule is O=C1c2ccccc2CC1C1(CO)Cc2ccccc2C1. The summed E-state index contributed by atoms with van der Waals surface area (Å²) in [5, 5.41) is 10.1. The summed E-state index contributed by atoms with van der Waals surface area (Å²) in [5.41, 5.74) is 4.24. The fourth-order valence-electron chi connectivity index (χ4n) is 4.13. The van der Waals surface area contributed by atoms with Crippen LogP contribution in [-0.2, 0) is 19.3 Å². The minimum atomic E-state index is -0.320. The summed E-state index contributed by atoms with van der Waals surface area (Å²) >= 11 is 0. The maximum absolute atomic E-state index is 12.8. The Labute approximate surface area is 124 Å². The molecule has 0 saturated heterocycles. The molecule has 2 aromatic rings. The molecule has 0 spiro atoms. The van der Waals surface area contributed by atoms with E-state index in [9.17, 15) is 9.90 Å². The van der Waals surface area contributed by atoms with E-state index in [-0.39, 0.29) is 23.7 Å². The zero-order valence-electron chi connectivity index (χ0n) is 11.9. The highest BCUT2D eigenvalue weighted by molar-refractivity contribution is 6.02. The van der Waals surface area contributed by atoms with Crippen LogP contribution in [0, 0.1) is 11.3 Å². The van der Waals surface area contributed by atoms with Crippen LogP contribution in [0.2, 0.25) is 0 Å². The number of Topliss-reactive ketones (excluding diaryl/α,β-unsaturated/α-hetero) is 1. The second-order valence-electron chi connectivity index (χ2n) is 6.42. The molecule has 106 valence electrons. The van der Waals surface area contributed by atoms with Gasteiger partial charge in [0.1, 0.15) is 0 Å². The van der Waals surface area contributed by atoms with Crippen molar-refractivity contribution in [3.63, 3.8) is 0 Å². The third kappa shape index (κ3) is 1.79. The Kier molecular flexibility index (Phi) is 2.76. The molecule has 1 atom stereocenters. The Balaban J connectivity index is 1.73. The summed E-state index contributed by atoms with van der Waals surface area (Å²) in [5.74, 6) is 0.125. The van der Waals surface area contributed by atoms with Crippen molar-refractivity contribution in [3.05, 3.63) is 70.8 Å². The Morgan fingerprint density at radius 1 is 0.952 bits per heavy atom. The lowest BCUT2D eigenvalue weighted by molar-refractivity contribution is 0.0551. The summed E-state index contributed by atoms with van der Waals surface area (Å²) in [4.78, 5) is 12.8. The molecule has 21 heavy (non-hydrogen) atoms. The van der Waals surface area contributed by atoms with Crippen LogP contribution in [0.1, 0.15) is 27.0 Å². The average molecular weight is 278 g/mol. The number of hydrogen-bond acceptors (Lipinski definition) is 2. The number of fused-ring (bicyclic) bond motifs is 2. The van der Waals surface area contributed by atoms with Crippen molar-refractivity contribution in [3.8, 4) is 0 Å². The Morgan fingerprint density at radius 3 is 2.10 bits per heavy atom. The fraction of sp³-hybridized carbons (Fsp3) is 0.316. The number of carbonyl (C=O) groups is 1. The molecule has 1 N–H and O–H groups in total. The van der Waals surface area contributed by atoms with Crippen LogP contribution in [0.15, 0.2) is 48.5 Å². The first kappa shape index (κ1) is 12.8. The first-order valence-electron chi connectivity index (χ1n) is 7.53. The Hall–Kier alpha value is -1.93. The maximum Gasteiger partial charge on any atom is 0.167 e. The van der Waals surface area contributed by atoms with Gasteiger partial charge in [0, 0.05) is 16.9 Å². The third-order valence-electron chi connectivity index (χ3n) is 5.28. The van der Waals surface area contributed by atoms with Crippen LogP contribution in [0.5, 0.6) is 0 Å². The lowest BCUT2D eigenvalue weighted by Gasteiger charge is -2.32. The van der Waals surface area contributed by atoms with E-state index in [2.05, 4.69) is 12.1 Å². The van der Waals surface area contributed by atoms with Gasteiger partial charge in [0.15, 0.2) is 5.78 Å². The molecule has 2 aliphatic rings. The summed E-state index contributed by atoms with van der Waals surface area (Å²) in [6.07, 6.45) is 2.39. The summed E-state index contributed by atoms with van der Waals surface area (Å²) < 4.78 is 0. The fourth-order valence-corrected chi connectivity index (χ4v) is 4.13. The Morgan fingerprint density at radius 2 is 1.52 bits per heavy atom. The van der Waals surface area contributed by atoms with Crippen LogP contribution in [0.3, 0.4) is 0 Å². The van der Waals surface area contributed by atoms with E-state index in [1.54, 1.807) is 0 Å². The van der Waals surface area contributed by atoms with Gasteiger partial charge in [0.05, 0.1) is 6.61 Å². The van der Waals surface area contributed by atoms with E-state index in [0.29, 0.717) is 0 Å². The molecular formula is C19H18O2. The van der Waals surface area contributed by atoms with E-state index >= 15 is 0 Å². The summed E-state index contributed by atoms with van der Waals surface area (Å²) in [7, 11) is 0. The lowest BCUT2D eigenvalue weighted by atomic mass is 9.71. The van der Waals surface area contributed by atoms with Crippen molar-refractivity contribution in [2.75, 3.05) is 6.61 Å². The highest BCUT2D eigenvalue weighted by Crippen LogP contribution is 2.47. The number of rotatable bonds is 2. The number of carbonyl (C=O) groups excluding carboxylic acids is 1. The van der Waals surface area contributed by atoms with Crippen molar-refractivity contribution in [2.45, 2.75) is 19.3 Å². The molecule has 2 aliphatic carbocycles. The van der Waals surface area contributed by atoms with Crippen LogP contribution >= 0.6 is 0 Å². The van der Waals surface area contributed by atoms with Gasteiger partial charge in [0.25, 0.3) is 0 Å². The second kappa shape index (κ2) is 4.54. The van der Waals surface area contributed by atoms with Gasteiger partial charge in [-0.25, -0.2) is 0 Å². The molecule has 1 unspecified atom stereocenters. The highest BCUT2D eigenvalue weighted by Gasteiger charge is 2.49. The number of aliphatic hydroxyl groups is 1. The minimum absolute atomic E-state index is 0.0755. The lowest BCUT2D eigenvalue weighted by Crippen LogP contribution is -2.38. The van der Waals surface area contributed by atoms with Crippen molar-refractivity contribution < 1.29 is 9.90 Å². The van der Waals surface area contributed by atoms with Crippen molar-refractivity contribution in [2.24, 2.45) is 11.3 Å². The molecular weight excluding hydrogens is 260 g/mol. The quantitative estimate of drug-likeness (QED) is 0.917. The van der Waals surface area contributed by atoms with Gasteiger partial charge >= 0.3 is 0 Å². The van der Waals surface area contributed by atoms with Gasteiger partial charge < -0.3 is 5.11 Å². The molecule has 0 aliphatic heterocycles. The predicted octanol–water partition coefficient (Wildman–Crippen LogP) is 2.82. The van der Waals surface area contributed by atoms with Crippen LogP contribution in [0.25, 0.3) is 0 Å². The molecule has 0 saturated carbocycles. The predicted molar refractivity (Wildman–Crippen MR) is 81.3 cm³/mol. The molecule has 2 aromatic carbocycles. The minimum Gasteiger partial charge on any atom is -0.396 e. The average Bonchev–Trinajstić information content (AvgIpc) is 3.07. The zero-order chi connectivity index (χ0) is 14.4. The summed E-state index contributed by atoms with van der Waals surface area (Å²) in [6.45, 7) is 0.0755. The second-order valence-corrected chi connectivity index (χ2v) is 6.42. The zero-order valence-corrected chi connectivity index (χ0v) is 11.9. The van der Waals surface area contributed by atoms with Gasteiger partial charge in [-0.15, -0.1) is 0 Å². The summed E-state index contributed by atoms with van der Waals surface area (Å²) in [6, 6.07) is 16.2. The monoisotopic (exact) mass is 278 g/mol. The molecule has 0 fully saturated rings. The highest BCUT2D eigenvalue weighted by atomic mass is 16.3. The third-order valence-corrected chi connectivity index (χ3v) is 5.28. The normalized spacial score (nSPS) is 22.1. The number of benzene rings is 2. The first-order valence-corrected chi connectivity index (χ1v) is 7.53. The molecule has 0 aromatic heterocycles. The van der Waals surface area contributed by atoms with E-state index in [0.717, 1.165) is 30.4 Å². The molecule has 2 heteroatoms. The molecule has 4 rings (SSSR count).